The van der Waals surface area contributed by atoms with Crippen molar-refractivity contribution in [1.29, 1.82) is 0 Å². The summed E-state index contributed by atoms with van der Waals surface area (Å²) in [7, 11) is 0. The summed E-state index contributed by atoms with van der Waals surface area (Å²) in [6, 6.07) is 13.7. The molecule has 0 spiro atoms. The number of nitrogens with zero attached hydrogens (tertiary/aromatic N) is 4. The molecule has 32 heavy (non-hydrogen) atoms. The number of nitrogens with two attached hydrogens (primary N) is 1. The van der Waals surface area contributed by atoms with E-state index in [2.05, 4.69) is 32.2 Å². The molecule has 4 aromatic rings. The number of fused-ring (bicyclic) bond motifs is 1. The van der Waals surface area contributed by atoms with Crippen molar-refractivity contribution in [3.63, 3.8) is 0 Å². The van der Waals surface area contributed by atoms with Crippen LogP contribution in [0, 0.1) is 0 Å². The molecule has 0 atom stereocenters. The highest BCUT2D eigenvalue weighted by Crippen LogP contribution is 2.27. The van der Waals surface area contributed by atoms with Gasteiger partial charge in [-0.3, -0.25) is 0 Å². The van der Waals surface area contributed by atoms with Crippen LogP contribution in [0.3, 0.4) is 0 Å². The lowest BCUT2D eigenvalue weighted by Crippen LogP contribution is -2.03. The van der Waals surface area contributed by atoms with E-state index in [1.165, 1.54) is 25.9 Å². The van der Waals surface area contributed by atoms with E-state index in [0.717, 1.165) is 33.9 Å². The van der Waals surface area contributed by atoms with Gasteiger partial charge in [-0.2, -0.15) is 0 Å². The average Bonchev–Trinajstić information content (AvgIpc) is 3.56. The molecule has 1 aliphatic rings. The predicted octanol–water partition coefficient (Wildman–Crippen LogP) is 4.85. The van der Waals surface area contributed by atoms with Crippen molar-refractivity contribution in [3.05, 3.63) is 79.5 Å². The predicted molar refractivity (Wildman–Crippen MR) is 133 cm³/mol. The fourth-order valence-electron chi connectivity index (χ4n) is 3.30. The number of rotatable bonds is 4. The molecule has 5 rings (SSSR count). The summed E-state index contributed by atoms with van der Waals surface area (Å²) < 4.78 is 1.87. The Morgan fingerprint density at radius 1 is 1.00 bits per heavy atom. The molecule has 7 nitrogen and oxygen atoms in total. The first-order valence-electron chi connectivity index (χ1n) is 11.0. The van der Waals surface area contributed by atoms with E-state index < -0.39 is 0 Å². The van der Waals surface area contributed by atoms with Gasteiger partial charge in [-0.1, -0.05) is 50.8 Å². The zero-order chi connectivity index (χ0) is 22.8. The molecular weight excluding hydrogens is 398 g/mol. The maximum Gasteiger partial charge on any atom is 0.150 e. The number of pyridine rings is 1. The van der Waals surface area contributed by atoms with Gasteiger partial charge in [0.2, 0.25) is 0 Å². The number of anilines is 2. The summed E-state index contributed by atoms with van der Waals surface area (Å²) >= 11 is 0. The third-order valence-corrected chi connectivity index (χ3v) is 4.89. The van der Waals surface area contributed by atoms with Crippen molar-refractivity contribution in [2.45, 2.75) is 26.7 Å². The zero-order valence-corrected chi connectivity index (χ0v) is 18.8. The van der Waals surface area contributed by atoms with Crippen molar-refractivity contribution in [2.24, 2.45) is 0 Å². The largest absolute Gasteiger partial charge is 0.382 e. The second-order valence-electron chi connectivity index (χ2n) is 7.01. The van der Waals surface area contributed by atoms with Crippen LogP contribution in [0.15, 0.2) is 74.0 Å². The second kappa shape index (κ2) is 11.6. The van der Waals surface area contributed by atoms with Gasteiger partial charge >= 0.3 is 0 Å². The lowest BCUT2D eigenvalue weighted by atomic mass is 10.1. The quantitative estimate of drug-likeness (QED) is 0.429. The zero-order valence-electron chi connectivity index (χ0n) is 18.8. The number of imidazole rings is 1. The van der Waals surface area contributed by atoms with Gasteiger partial charge in [-0.15, -0.1) is 0 Å². The molecule has 166 valence electrons. The van der Waals surface area contributed by atoms with E-state index in [9.17, 15) is 0 Å². The van der Waals surface area contributed by atoms with E-state index in [1.807, 2.05) is 66.9 Å². The van der Waals surface area contributed by atoms with Crippen molar-refractivity contribution < 1.29 is 0 Å². The summed E-state index contributed by atoms with van der Waals surface area (Å²) in [5.41, 5.74) is 10.3. The Morgan fingerprint density at radius 2 is 1.75 bits per heavy atom. The van der Waals surface area contributed by atoms with Crippen LogP contribution < -0.4 is 16.4 Å². The highest BCUT2D eigenvalue weighted by atomic mass is 15.0. The van der Waals surface area contributed by atoms with Crippen molar-refractivity contribution in [3.8, 4) is 11.3 Å². The van der Waals surface area contributed by atoms with Crippen LogP contribution in [0.25, 0.3) is 22.5 Å². The summed E-state index contributed by atoms with van der Waals surface area (Å²) in [6.07, 6.45) is 9.73. The van der Waals surface area contributed by atoms with Crippen LogP contribution >= 0.6 is 0 Å². The summed E-state index contributed by atoms with van der Waals surface area (Å²) in [5, 5.41) is 6.42. The van der Waals surface area contributed by atoms with Crippen LogP contribution in [-0.2, 0) is 0 Å². The number of nitrogens with one attached hydrogen (secondary N) is 2. The monoisotopic (exact) mass is 429 g/mol. The molecule has 1 aliphatic heterocycles. The first-order chi connectivity index (χ1) is 15.7. The number of hydrogen-bond acceptors (Lipinski definition) is 6. The highest BCUT2D eigenvalue weighted by Gasteiger charge is 2.11. The Labute approximate surface area is 189 Å². The van der Waals surface area contributed by atoms with Crippen molar-refractivity contribution in [1.82, 2.24) is 24.7 Å². The fraction of sp³-hybridized carbons (Fsp3) is 0.240. The summed E-state index contributed by atoms with van der Waals surface area (Å²) in [5.74, 6) is 1.22. The van der Waals surface area contributed by atoms with Gasteiger partial charge in [0.15, 0.2) is 0 Å². The lowest BCUT2D eigenvalue weighted by Gasteiger charge is -2.09. The van der Waals surface area contributed by atoms with Crippen LogP contribution in [0.2, 0.25) is 0 Å². The van der Waals surface area contributed by atoms with Gasteiger partial charge in [0, 0.05) is 29.9 Å². The first-order valence-corrected chi connectivity index (χ1v) is 11.0. The van der Waals surface area contributed by atoms with Crippen molar-refractivity contribution >= 4 is 22.8 Å². The molecule has 3 aromatic heterocycles. The number of benzene rings is 1. The minimum atomic E-state index is 0.459. The fourth-order valence-corrected chi connectivity index (χ4v) is 3.30. The minimum absolute atomic E-state index is 0.459. The first kappa shape index (κ1) is 23.0. The Balaban J connectivity index is 0.000000359. The molecule has 0 aliphatic carbocycles. The van der Waals surface area contributed by atoms with Crippen LogP contribution in [-0.4, -0.2) is 32.4 Å². The molecule has 1 fully saturated rings. The standard InChI is InChI=1S/C19H16N6.C4H9N.C2H6/c1-13(24-16-4-2-3-9-21-16)14-5-7-15(8-6-14)17-18-19(20)22-10-11-25(18)12-23-17;1-2-4-5-3-1;1-2/h2-12H,1H2,(H2,20,22)(H,21,24);5H,1-4H2;1-2H3. The van der Waals surface area contributed by atoms with Gasteiger partial charge in [-0.25, -0.2) is 15.0 Å². The normalized spacial score (nSPS) is 12.3. The topological polar surface area (TPSA) is 93.2 Å². The van der Waals surface area contributed by atoms with Gasteiger partial charge in [0.05, 0.1) is 5.69 Å². The molecule has 0 saturated carbocycles. The van der Waals surface area contributed by atoms with E-state index in [1.54, 1.807) is 18.7 Å². The molecule has 4 heterocycles. The van der Waals surface area contributed by atoms with E-state index in [0.29, 0.717) is 5.82 Å². The highest BCUT2D eigenvalue weighted by molar-refractivity contribution is 5.85. The SMILES string of the molecule is C1CCNC1.C=C(Nc1ccccn1)c1ccc(-c2ncn3ccnc(N)c23)cc1.CC. The molecule has 1 saturated heterocycles. The third kappa shape index (κ3) is 5.70. The Hall–Kier alpha value is -3.71. The number of nitrogen functional groups attached to an aromatic ring is 1. The molecule has 0 amide bonds. The van der Waals surface area contributed by atoms with E-state index in [-0.39, 0.29) is 0 Å². The molecule has 4 N–H and O–H groups in total. The summed E-state index contributed by atoms with van der Waals surface area (Å²) in [6.45, 7) is 10.6. The van der Waals surface area contributed by atoms with Crippen LogP contribution in [0.1, 0.15) is 32.3 Å². The molecule has 7 heteroatoms. The van der Waals surface area contributed by atoms with Gasteiger partial charge in [0.25, 0.3) is 0 Å². The smallest absolute Gasteiger partial charge is 0.150 e. The van der Waals surface area contributed by atoms with Gasteiger partial charge < -0.3 is 20.8 Å². The molecule has 1 aromatic carbocycles. The molecular formula is C25H31N7. The van der Waals surface area contributed by atoms with Crippen LogP contribution in [0.4, 0.5) is 11.6 Å². The Morgan fingerprint density at radius 3 is 2.38 bits per heavy atom. The molecule has 0 radical (unpaired) electrons. The van der Waals surface area contributed by atoms with Crippen LogP contribution in [0.5, 0.6) is 0 Å². The van der Waals surface area contributed by atoms with E-state index >= 15 is 0 Å². The average molecular weight is 430 g/mol. The van der Waals surface area contributed by atoms with Gasteiger partial charge in [0.1, 0.15) is 23.5 Å². The maximum atomic E-state index is 6.00. The summed E-state index contributed by atoms with van der Waals surface area (Å²) in [4.78, 5) is 12.8. The molecule has 0 bridgehead atoms. The number of hydrogen-bond donors (Lipinski definition) is 3. The second-order valence-corrected chi connectivity index (χ2v) is 7.01. The van der Waals surface area contributed by atoms with Crippen molar-refractivity contribution in [2.75, 3.05) is 24.1 Å². The van der Waals surface area contributed by atoms with Gasteiger partial charge in [-0.05, 0) is 43.6 Å². The lowest BCUT2D eigenvalue weighted by molar-refractivity contribution is 0.857. The Bertz CT molecular complexity index is 1110. The van der Waals surface area contributed by atoms with E-state index in [4.69, 9.17) is 5.73 Å². The molecule has 0 unspecified atom stereocenters. The maximum absolute atomic E-state index is 6.00. The minimum Gasteiger partial charge on any atom is -0.382 e. The number of aromatic nitrogens is 4. The third-order valence-electron chi connectivity index (χ3n) is 4.89. The Kier molecular flexibility index (Phi) is 8.34.